The van der Waals surface area contributed by atoms with Crippen LogP contribution in [-0.4, -0.2) is 16.7 Å². The summed E-state index contributed by atoms with van der Waals surface area (Å²) < 4.78 is 0. The highest BCUT2D eigenvalue weighted by atomic mass is 15.1. The van der Waals surface area contributed by atoms with Gasteiger partial charge in [-0.05, 0) is 37.4 Å². The van der Waals surface area contributed by atoms with Crippen molar-refractivity contribution in [2.75, 3.05) is 6.54 Å². The molecule has 0 saturated heterocycles. The van der Waals surface area contributed by atoms with Gasteiger partial charge in [0.05, 0.1) is 6.20 Å². The number of aromatic amines is 1. The van der Waals surface area contributed by atoms with Crippen LogP contribution in [0.15, 0.2) is 30.5 Å². The Morgan fingerprint density at radius 3 is 2.81 bits per heavy atom. The Bertz CT molecular complexity index is 460. The van der Waals surface area contributed by atoms with E-state index < -0.39 is 0 Å². The Morgan fingerprint density at radius 1 is 1.25 bits per heavy atom. The third-order valence-electron chi connectivity index (χ3n) is 2.78. The molecule has 0 spiro atoms. The molecule has 0 radical (unpaired) electrons. The average Bonchev–Trinajstić information content (AvgIpc) is 2.75. The third kappa shape index (κ3) is 2.14. The summed E-state index contributed by atoms with van der Waals surface area (Å²) in [6.07, 6.45) is 3.84. The molecule has 0 atom stereocenters. The predicted octanol–water partition coefficient (Wildman–Crippen LogP) is 2.28. The molecule has 3 heteroatoms. The molecule has 3 N–H and O–H groups in total. The Hall–Kier alpha value is -1.61. The van der Waals surface area contributed by atoms with E-state index in [9.17, 15) is 0 Å². The average molecular weight is 215 g/mol. The van der Waals surface area contributed by atoms with Gasteiger partial charge in [-0.25, -0.2) is 0 Å². The number of nitrogens with one attached hydrogen (secondary N) is 1. The van der Waals surface area contributed by atoms with E-state index in [1.165, 1.54) is 22.4 Å². The second kappa shape index (κ2) is 4.94. The first-order chi connectivity index (χ1) is 7.83. The van der Waals surface area contributed by atoms with E-state index in [4.69, 9.17) is 5.73 Å². The molecule has 2 rings (SSSR count). The molecule has 0 amide bonds. The quantitative estimate of drug-likeness (QED) is 0.822. The molecular formula is C13H17N3. The molecule has 16 heavy (non-hydrogen) atoms. The van der Waals surface area contributed by atoms with Gasteiger partial charge in [0, 0.05) is 11.3 Å². The number of H-pyrrole nitrogens is 1. The van der Waals surface area contributed by atoms with Crippen LogP contribution in [0.2, 0.25) is 0 Å². The Morgan fingerprint density at radius 2 is 2.06 bits per heavy atom. The summed E-state index contributed by atoms with van der Waals surface area (Å²) in [7, 11) is 0. The molecule has 1 aromatic carbocycles. The zero-order chi connectivity index (χ0) is 11.4. The van der Waals surface area contributed by atoms with Crippen LogP contribution in [-0.2, 0) is 6.42 Å². The van der Waals surface area contributed by atoms with Crippen molar-refractivity contribution in [3.63, 3.8) is 0 Å². The smallest absolute Gasteiger partial charge is 0.0568 e. The van der Waals surface area contributed by atoms with Gasteiger partial charge in [0.2, 0.25) is 0 Å². The number of aryl methyl sites for hydroxylation is 2. The van der Waals surface area contributed by atoms with Crippen LogP contribution in [0.5, 0.6) is 0 Å². The number of hydrogen-bond acceptors (Lipinski definition) is 2. The SMILES string of the molecule is Cc1ccccc1-c1cn[nH]c1CCCN. The first kappa shape index (κ1) is 10.9. The number of aromatic nitrogens is 2. The minimum Gasteiger partial charge on any atom is -0.330 e. The first-order valence-electron chi connectivity index (χ1n) is 5.61. The van der Waals surface area contributed by atoms with Crippen molar-refractivity contribution in [2.45, 2.75) is 19.8 Å². The lowest BCUT2D eigenvalue weighted by atomic mass is 10.00. The molecule has 0 unspecified atom stereocenters. The summed E-state index contributed by atoms with van der Waals surface area (Å²) in [6.45, 7) is 2.83. The molecule has 0 aliphatic heterocycles. The maximum atomic E-state index is 5.53. The summed E-state index contributed by atoms with van der Waals surface area (Å²) in [5.41, 5.74) is 10.4. The van der Waals surface area contributed by atoms with Gasteiger partial charge in [0.25, 0.3) is 0 Å². The number of nitrogens with zero attached hydrogens (tertiary/aromatic N) is 1. The summed E-state index contributed by atoms with van der Waals surface area (Å²) in [4.78, 5) is 0. The lowest BCUT2D eigenvalue weighted by Crippen LogP contribution is -2.01. The van der Waals surface area contributed by atoms with Crippen LogP contribution >= 0.6 is 0 Å². The lowest BCUT2D eigenvalue weighted by Gasteiger charge is -2.05. The van der Waals surface area contributed by atoms with Crippen LogP contribution in [0.3, 0.4) is 0 Å². The van der Waals surface area contributed by atoms with Gasteiger partial charge in [0.15, 0.2) is 0 Å². The topological polar surface area (TPSA) is 54.7 Å². The van der Waals surface area contributed by atoms with Crippen LogP contribution in [0.25, 0.3) is 11.1 Å². The predicted molar refractivity (Wildman–Crippen MR) is 66.1 cm³/mol. The molecule has 0 aliphatic rings. The monoisotopic (exact) mass is 215 g/mol. The van der Waals surface area contributed by atoms with Crippen molar-refractivity contribution in [1.29, 1.82) is 0 Å². The molecule has 1 aromatic heterocycles. The highest BCUT2D eigenvalue weighted by Crippen LogP contribution is 2.25. The number of nitrogens with two attached hydrogens (primary N) is 1. The van der Waals surface area contributed by atoms with Gasteiger partial charge in [0.1, 0.15) is 0 Å². The Kier molecular flexibility index (Phi) is 3.37. The van der Waals surface area contributed by atoms with Crippen LogP contribution in [0.1, 0.15) is 17.7 Å². The van der Waals surface area contributed by atoms with Gasteiger partial charge in [-0.2, -0.15) is 5.10 Å². The van der Waals surface area contributed by atoms with E-state index in [1.54, 1.807) is 0 Å². The fraction of sp³-hybridized carbons (Fsp3) is 0.308. The van der Waals surface area contributed by atoms with Gasteiger partial charge >= 0.3 is 0 Å². The zero-order valence-corrected chi connectivity index (χ0v) is 9.53. The fourth-order valence-electron chi connectivity index (χ4n) is 1.89. The van der Waals surface area contributed by atoms with Crippen LogP contribution in [0.4, 0.5) is 0 Å². The maximum absolute atomic E-state index is 5.53. The third-order valence-corrected chi connectivity index (χ3v) is 2.78. The highest BCUT2D eigenvalue weighted by molar-refractivity contribution is 5.68. The highest BCUT2D eigenvalue weighted by Gasteiger charge is 2.08. The second-order valence-corrected chi connectivity index (χ2v) is 3.97. The van der Waals surface area contributed by atoms with Crippen molar-refractivity contribution < 1.29 is 0 Å². The van der Waals surface area contributed by atoms with E-state index in [2.05, 4.69) is 41.4 Å². The van der Waals surface area contributed by atoms with Crippen LogP contribution < -0.4 is 5.73 Å². The molecule has 1 heterocycles. The lowest BCUT2D eigenvalue weighted by molar-refractivity contribution is 0.804. The molecule has 0 saturated carbocycles. The van der Waals surface area contributed by atoms with Crippen LogP contribution in [0, 0.1) is 6.92 Å². The summed E-state index contributed by atoms with van der Waals surface area (Å²) in [5.74, 6) is 0. The fourth-order valence-corrected chi connectivity index (χ4v) is 1.89. The standard InChI is InChI=1S/C13H17N3/c1-10-5-2-3-6-11(10)12-9-15-16-13(12)7-4-8-14/h2-3,5-6,9H,4,7-8,14H2,1H3,(H,15,16). The number of benzene rings is 1. The van der Waals surface area contributed by atoms with Gasteiger partial charge < -0.3 is 5.73 Å². The molecule has 0 bridgehead atoms. The summed E-state index contributed by atoms with van der Waals surface area (Å²) in [6, 6.07) is 8.36. The maximum Gasteiger partial charge on any atom is 0.0568 e. The van der Waals surface area contributed by atoms with Crippen molar-refractivity contribution in [3.05, 3.63) is 41.7 Å². The molecule has 0 fully saturated rings. The molecule has 0 aliphatic carbocycles. The molecule has 84 valence electrons. The minimum absolute atomic E-state index is 0.715. The van der Waals surface area contributed by atoms with E-state index in [0.717, 1.165) is 12.8 Å². The van der Waals surface area contributed by atoms with Crippen molar-refractivity contribution in [2.24, 2.45) is 5.73 Å². The van der Waals surface area contributed by atoms with E-state index >= 15 is 0 Å². The first-order valence-corrected chi connectivity index (χ1v) is 5.61. The van der Waals surface area contributed by atoms with Gasteiger partial charge in [-0.15, -0.1) is 0 Å². The van der Waals surface area contributed by atoms with Crippen molar-refractivity contribution >= 4 is 0 Å². The molecule has 3 nitrogen and oxygen atoms in total. The Labute approximate surface area is 95.7 Å². The van der Waals surface area contributed by atoms with E-state index in [1.807, 2.05) is 6.20 Å². The summed E-state index contributed by atoms with van der Waals surface area (Å²) in [5, 5.41) is 7.19. The van der Waals surface area contributed by atoms with Gasteiger partial charge in [-0.3, -0.25) is 5.10 Å². The summed E-state index contributed by atoms with van der Waals surface area (Å²) >= 11 is 0. The number of hydrogen-bond donors (Lipinski definition) is 2. The van der Waals surface area contributed by atoms with Gasteiger partial charge in [-0.1, -0.05) is 24.3 Å². The second-order valence-electron chi connectivity index (χ2n) is 3.97. The largest absolute Gasteiger partial charge is 0.330 e. The van der Waals surface area contributed by atoms with Crippen molar-refractivity contribution in [1.82, 2.24) is 10.2 Å². The normalized spacial score (nSPS) is 10.6. The Balaban J connectivity index is 2.33. The number of rotatable bonds is 4. The van der Waals surface area contributed by atoms with Crippen molar-refractivity contribution in [3.8, 4) is 11.1 Å². The minimum atomic E-state index is 0.715. The van der Waals surface area contributed by atoms with E-state index in [-0.39, 0.29) is 0 Å². The molecule has 2 aromatic rings. The zero-order valence-electron chi connectivity index (χ0n) is 9.53. The molecular weight excluding hydrogens is 198 g/mol. The van der Waals surface area contributed by atoms with E-state index in [0.29, 0.717) is 6.54 Å².